The van der Waals surface area contributed by atoms with Crippen LogP contribution in [-0.2, 0) is 6.61 Å². The molecule has 0 saturated heterocycles. The van der Waals surface area contributed by atoms with Gasteiger partial charge < -0.3 is 9.47 Å². The van der Waals surface area contributed by atoms with Crippen molar-refractivity contribution in [1.82, 2.24) is 0 Å². The van der Waals surface area contributed by atoms with Gasteiger partial charge in [0.15, 0.2) is 11.5 Å². The first-order valence-electron chi connectivity index (χ1n) is 7.01. The van der Waals surface area contributed by atoms with Crippen molar-refractivity contribution in [2.45, 2.75) is 24.8 Å². The zero-order valence-electron chi connectivity index (χ0n) is 12.5. The molecule has 21 heavy (non-hydrogen) atoms. The highest BCUT2D eigenvalue weighted by molar-refractivity contribution is 7.98. The molecule has 2 nitrogen and oxygen atoms in total. The number of benzene rings is 2. The molecule has 0 N–H and O–H groups in total. The van der Waals surface area contributed by atoms with Crippen molar-refractivity contribution in [3.8, 4) is 11.5 Å². The van der Waals surface area contributed by atoms with E-state index in [1.807, 2.05) is 48.7 Å². The second-order valence-corrected chi connectivity index (χ2v) is 5.52. The number of hydrogen-bond acceptors (Lipinski definition) is 3. The lowest BCUT2D eigenvalue weighted by molar-refractivity contribution is 0.257. The predicted octanol–water partition coefficient (Wildman–Crippen LogP) is 4.84. The van der Waals surface area contributed by atoms with Crippen molar-refractivity contribution in [3.63, 3.8) is 0 Å². The third kappa shape index (κ3) is 4.43. The molecular weight excluding hydrogens is 280 g/mol. The SMILES string of the molecule is [CH]c1cc(OCc2ccccc2)c(OCCC)c(SC)c1. The molecule has 0 spiro atoms. The average molecular weight is 300 g/mol. The van der Waals surface area contributed by atoms with Crippen molar-refractivity contribution >= 4 is 11.8 Å². The summed E-state index contributed by atoms with van der Waals surface area (Å²) in [4.78, 5) is 1.01. The average Bonchev–Trinajstić information content (AvgIpc) is 2.52. The van der Waals surface area contributed by atoms with Crippen LogP contribution in [0.4, 0.5) is 0 Å². The summed E-state index contributed by atoms with van der Waals surface area (Å²) in [5, 5.41) is 0. The lowest BCUT2D eigenvalue weighted by Gasteiger charge is -2.16. The van der Waals surface area contributed by atoms with Gasteiger partial charge in [-0.2, -0.15) is 0 Å². The summed E-state index contributed by atoms with van der Waals surface area (Å²) in [6, 6.07) is 13.8. The fourth-order valence-corrected chi connectivity index (χ4v) is 2.54. The number of rotatable bonds is 7. The second-order valence-electron chi connectivity index (χ2n) is 4.67. The molecule has 2 radical (unpaired) electrons. The standard InChI is InChI=1S/C18H20O2S/c1-4-10-19-18-16(11-14(2)12-17(18)21-3)20-13-15-8-6-5-7-9-15/h2,5-9,11-12H,4,10,13H2,1,3H3. The topological polar surface area (TPSA) is 18.5 Å². The molecule has 0 amide bonds. The lowest BCUT2D eigenvalue weighted by atomic mass is 10.2. The Morgan fingerprint density at radius 1 is 1.10 bits per heavy atom. The van der Waals surface area contributed by atoms with Crippen LogP contribution in [0.2, 0.25) is 0 Å². The molecule has 2 aromatic rings. The Bertz CT molecular complexity index is 567. The van der Waals surface area contributed by atoms with Crippen LogP contribution in [0, 0.1) is 6.92 Å². The van der Waals surface area contributed by atoms with Crippen molar-refractivity contribution in [2.75, 3.05) is 12.9 Å². The maximum atomic E-state index is 5.95. The molecule has 0 fully saturated rings. The largest absolute Gasteiger partial charge is 0.489 e. The van der Waals surface area contributed by atoms with Crippen LogP contribution < -0.4 is 9.47 Å². The third-order valence-corrected chi connectivity index (χ3v) is 3.69. The molecule has 0 atom stereocenters. The summed E-state index contributed by atoms with van der Waals surface area (Å²) in [6.45, 7) is 9.20. The first kappa shape index (κ1) is 15.8. The Labute approximate surface area is 131 Å². The van der Waals surface area contributed by atoms with Gasteiger partial charge in [-0.25, -0.2) is 0 Å². The highest BCUT2D eigenvalue weighted by atomic mass is 32.2. The van der Waals surface area contributed by atoms with Gasteiger partial charge in [0.05, 0.1) is 11.5 Å². The van der Waals surface area contributed by atoms with E-state index in [9.17, 15) is 0 Å². The van der Waals surface area contributed by atoms with Crippen LogP contribution in [0.5, 0.6) is 11.5 Å². The zero-order chi connectivity index (χ0) is 15.1. The van der Waals surface area contributed by atoms with Gasteiger partial charge in [-0.05, 0) is 42.9 Å². The van der Waals surface area contributed by atoms with Gasteiger partial charge in [-0.1, -0.05) is 37.3 Å². The van der Waals surface area contributed by atoms with Crippen molar-refractivity contribution in [2.24, 2.45) is 0 Å². The molecule has 0 aliphatic carbocycles. The predicted molar refractivity (Wildman–Crippen MR) is 88.2 cm³/mol. The monoisotopic (exact) mass is 300 g/mol. The first-order chi connectivity index (χ1) is 10.2. The van der Waals surface area contributed by atoms with E-state index >= 15 is 0 Å². The van der Waals surface area contributed by atoms with Crippen LogP contribution in [0.3, 0.4) is 0 Å². The molecule has 0 bridgehead atoms. The summed E-state index contributed by atoms with van der Waals surface area (Å²) in [7, 11) is 0. The molecule has 0 aliphatic rings. The van der Waals surface area contributed by atoms with E-state index in [0.29, 0.717) is 24.5 Å². The van der Waals surface area contributed by atoms with Gasteiger partial charge in [0.1, 0.15) is 6.61 Å². The molecule has 0 aliphatic heterocycles. The van der Waals surface area contributed by atoms with E-state index in [4.69, 9.17) is 16.4 Å². The molecular formula is C18H20O2S. The fourth-order valence-electron chi connectivity index (χ4n) is 1.94. The highest BCUT2D eigenvalue weighted by Crippen LogP contribution is 2.38. The molecule has 2 rings (SSSR count). The van der Waals surface area contributed by atoms with Crippen LogP contribution in [0.25, 0.3) is 0 Å². The number of thioether (sulfide) groups is 1. The third-order valence-electron chi connectivity index (χ3n) is 2.95. The molecule has 0 heterocycles. The van der Waals surface area contributed by atoms with E-state index in [1.54, 1.807) is 11.8 Å². The fraction of sp³-hybridized carbons (Fsp3) is 0.278. The highest BCUT2D eigenvalue weighted by Gasteiger charge is 2.12. The Morgan fingerprint density at radius 2 is 1.86 bits per heavy atom. The van der Waals surface area contributed by atoms with E-state index in [-0.39, 0.29) is 0 Å². The van der Waals surface area contributed by atoms with E-state index < -0.39 is 0 Å². The maximum Gasteiger partial charge on any atom is 0.174 e. The van der Waals surface area contributed by atoms with Gasteiger partial charge in [-0.3, -0.25) is 0 Å². The maximum absolute atomic E-state index is 5.95. The Hall–Kier alpha value is -1.61. The van der Waals surface area contributed by atoms with Crippen LogP contribution in [-0.4, -0.2) is 12.9 Å². The smallest absolute Gasteiger partial charge is 0.174 e. The summed E-state index contributed by atoms with van der Waals surface area (Å²) in [5.74, 6) is 1.49. The van der Waals surface area contributed by atoms with Crippen LogP contribution in [0.15, 0.2) is 47.4 Å². The van der Waals surface area contributed by atoms with Crippen molar-refractivity contribution in [3.05, 3.63) is 60.5 Å². The van der Waals surface area contributed by atoms with E-state index in [0.717, 1.165) is 22.6 Å². The second kappa shape index (κ2) is 7.99. The normalized spacial score (nSPS) is 10.4. The van der Waals surface area contributed by atoms with Crippen molar-refractivity contribution < 1.29 is 9.47 Å². The quantitative estimate of drug-likeness (QED) is 0.682. The van der Waals surface area contributed by atoms with Crippen molar-refractivity contribution in [1.29, 1.82) is 0 Å². The molecule has 0 saturated carbocycles. The minimum absolute atomic E-state index is 0.501. The van der Waals surface area contributed by atoms with Gasteiger partial charge in [0.2, 0.25) is 0 Å². The first-order valence-corrected chi connectivity index (χ1v) is 8.24. The van der Waals surface area contributed by atoms with Gasteiger partial charge in [0, 0.05) is 0 Å². The van der Waals surface area contributed by atoms with E-state index in [1.165, 1.54) is 0 Å². The minimum atomic E-state index is 0.501. The van der Waals surface area contributed by atoms with Gasteiger partial charge in [0.25, 0.3) is 0 Å². The molecule has 2 aromatic carbocycles. The molecule has 0 aromatic heterocycles. The molecule has 3 heteroatoms. The minimum Gasteiger partial charge on any atom is -0.489 e. The van der Waals surface area contributed by atoms with Crippen LogP contribution in [0.1, 0.15) is 24.5 Å². The van der Waals surface area contributed by atoms with Crippen LogP contribution >= 0.6 is 11.8 Å². The lowest BCUT2D eigenvalue weighted by Crippen LogP contribution is -2.02. The Balaban J connectivity index is 2.21. The molecule has 110 valence electrons. The van der Waals surface area contributed by atoms with E-state index in [2.05, 4.69) is 6.92 Å². The zero-order valence-corrected chi connectivity index (χ0v) is 13.3. The summed E-state index contributed by atoms with van der Waals surface area (Å²) < 4.78 is 11.8. The Morgan fingerprint density at radius 3 is 2.52 bits per heavy atom. The van der Waals surface area contributed by atoms with Gasteiger partial charge in [-0.15, -0.1) is 11.8 Å². The summed E-state index contributed by atoms with van der Waals surface area (Å²) in [6.07, 6.45) is 2.96. The number of ether oxygens (including phenoxy) is 2. The molecule has 0 unspecified atom stereocenters. The summed E-state index contributed by atoms with van der Waals surface area (Å²) >= 11 is 1.61. The number of hydrogen-bond donors (Lipinski definition) is 0. The Kier molecular flexibility index (Phi) is 6.00. The summed E-state index contributed by atoms with van der Waals surface area (Å²) in [5.41, 5.74) is 1.80. The van der Waals surface area contributed by atoms with Gasteiger partial charge >= 0.3 is 0 Å².